The van der Waals surface area contributed by atoms with Gasteiger partial charge < -0.3 is 10.5 Å². The summed E-state index contributed by atoms with van der Waals surface area (Å²) in [4.78, 5) is 8.38. The van der Waals surface area contributed by atoms with E-state index in [2.05, 4.69) is 30.7 Å². The summed E-state index contributed by atoms with van der Waals surface area (Å²) in [5, 5.41) is 1.15. The highest BCUT2D eigenvalue weighted by atomic mass is 32.1. The van der Waals surface area contributed by atoms with Gasteiger partial charge in [-0.1, -0.05) is 0 Å². The Morgan fingerprint density at radius 1 is 1.59 bits per heavy atom. The molecule has 1 aliphatic heterocycles. The second kappa shape index (κ2) is 5.44. The molecular weight excluding hydrogens is 234 g/mol. The number of morpholine rings is 1. The van der Waals surface area contributed by atoms with Gasteiger partial charge in [0.25, 0.3) is 0 Å². The van der Waals surface area contributed by atoms with Crippen molar-refractivity contribution in [3.8, 4) is 0 Å². The van der Waals surface area contributed by atoms with Crippen LogP contribution in [0.4, 0.5) is 0 Å². The molecule has 2 heterocycles. The van der Waals surface area contributed by atoms with Gasteiger partial charge in [0.1, 0.15) is 0 Å². The Balaban J connectivity index is 2.08. The number of aromatic nitrogens is 1. The fourth-order valence-electron chi connectivity index (χ4n) is 2.34. The number of thiazole rings is 1. The lowest BCUT2D eigenvalue weighted by atomic mass is 10.1. The summed E-state index contributed by atoms with van der Waals surface area (Å²) in [6.45, 7) is 9.68. The first-order chi connectivity index (χ1) is 8.11. The Labute approximate surface area is 107 Å². The van der Waals surface area contributed by atoms with E-state index in [1.54, 1.807) is 11.3 Å². The number of hydrogen-bond donors (Lipinski definition) is 1. The number of ether oxygens (including phenoxy) is 1. The lowest BCUT2D eigenvalue weighted by molar-refractivity contribution is -0.0369. The van der Waals surface area contributed by atoms with Crippen LogP contribution in [0.25, 0.3) is 0 Å². The van der Waals surface area contributed by atoms with E-state index in [0.717, 1.165) is 24.7 Å². The highest BCUT2D eigenvalue weighted by Gasteiger charge is 2.26. The van der Waals surface area contributed by atoms with Crippen molar-refractivity contribution >= 4 is 11.3 Å². The molecule has 0 amide bonds. The first-order valence-electron chi connectivity index (χ1n) is 6.11. The third kappa shape index (κ3) is 2.85. The van der Waals surface area contributed by atoms with E-state index in [-0.39, 0.29) is 6.10 Å². The van der Waals surface area contributed by atoms with E-state index in [4.69, 9.17) is 10.5 Å². The quantitative estimate of drug-likeness (QED) is 0.889. The third-order valence-corrected chi connectivity index (χ3v) is 4.22. The largest absolute Gasteiger partial charge is 0.374 e. The van der Waals surface area contributed by atoms with Gasteiger partial charge in [0.15, 0.2) is 0 Å². The molecule has 0 spiro atoms. The summed E-state index contributed by atoms with van der Waals surface area (Å²) in [5.74, 6) is 0. The van der Waals surface area contributed by atoms with Crippen molar-refractivity contribution in [2.45, 2.75) is 32.9 Å². The van der Waals surface area contributed by atoms with Gasteiger partial charge in [-0.15, -0.1) is 11.3 Å². The van der Waals surface area contributed by atoms with Gasteiger partial charge in [0.2, 0.25) is 0 Å². The number of hydrogen-bond acceptors (Lipinski definition) is 5. The SMILES string of the molecule is Cc1nc(C(C)N2CCOC(CN)C2)c(C)s1. The molecular formula is C12H21N3OS. The Bertz CT molecular complexity index is 380. The molecule has 0 aliphatic carbocycles. The van der Waals surface area contributed by atoms with Gasteiger partial charge in [-0.2, -0.15) is 0 Å². The maximum atomic E-state index is 5.67. The molecule has 2 rings (SSSR count). The molecule has 0 aromatic carbocycles. The minimum absolute atomic E-state index is 0.172. The van der Waals surface area contributed by atoms with E-state index < -0.39 is 0 Å². The summed E-state index contributed by atoms with van der Waals surface area (Å²) in [6.07, 6.45) is 0.172. The van der Waals surface area contributed by atoms with Gasteiger partial charge in [-0.05, 0) is 20.8 Å². The number of nitrogens with zero attached hydrogens (tertiary/aromatic N) is 2. The maximum Gasteiger partial charge on any atom is 0.0900 e. The predicted octanol–water partition coefficient (Wildman–Crippen LogP) is 1.48. The first kappa shape index (κ1) is 13.0. The second-order valence-electron chi connectivity index (χ2n) is 4.57. The number of aryl methyl sites for hydroxylation is 2. The molecule has 2 N–H and O–H groups in total. The first-order valence-corrected chi connectivity index (χ1v) is 6.93. The van der Waals surface area contributed by atoms with Crippen molar-refractivity contribution in [1.29, 1.82) is 0 Å². The molecule has 2 atom stereocenters. The van der Waals surface area contributed by atoms with Crippen LogP contribution in [0.3, 0.4) is 0 Å². The lowest BCUT2D eigenvalue weighted by Crippen LogP contribution is -2.46. The zero-order chi connectivity index (χ0) is 12.4. The zero-order valence-corrected chi connectivity index (χ0v) is 11.6. The van der Waals surface area contributed by atoms with E-state index in [9.17, 15) is 0 Å². The average molecular weight is 255 g/mol. The molecule has 1 fully saturated rings. The van der Waals surface area contributed by atoms with Crippen molar-refractivity contribution in [1.82, 2.24) is 9.88 Å². The Morgan fingerprint density at radius 3 is 2.94 bits per heavy atom. The molecule has 4 nitrogen and oxygen atoms in total. The van der Waals surface area contributed by atoms with Crippen molar-refractivity contribution < 1.29 is 4.74 Å². The van der Waals surface area contributed by atoms with Crippen LogP contribution in [-0.4, -0.2) is 42.2 Å². The molecule has 0 saturated carbocycles. The summed E-state index contributed by atoms with van der Waals surface area (Å²) in [5.41, 5.74) is 6.89. The monoisotopic (exact) mass is 255 g/mol. The Morgan fingerprint density at radius 2 is 2.35 bits per heavy atom. The highest BCUT2D eigenvalue weighted by Crippen LogP contribution is 2.27. The third-order valence-electron chi connectivity index (χ3n) is 3.32. The van der Waals surface area contributed by atoms with Crippen molar-refractivity contribution in [2.24, 2.45) is 5.73 Å². The van der Waals surface area contributed by atoms with Crippen molar-refractivity contribution in [3.05, 3.63) is 15.6 Å². The second-order valence-corrected chi connectivity index (χ2v) is 5.98. The minimum atomic E-state index is 0.172. The van der Waals surface area contributed by atoms with E-state index in [1.165, 1.54) is 10.6 Å². The molecule has 1 aliphatic rings. The van der Waals surface area contributed by atoms with Crippen LogP contribution in [0.5, 0.6) is 0 Å². The van der Waals surface area contributed by atoms with Crippen LogP contribution < -0.4 is 5.73 Å². The normalized spacial score (nSPS) is 23.9. The van der Waals surface area contributed by atoms with E-state index >= 15 is 0 Å². The smallest absolute Gasteiger partial charge is 0.0900 e. The molecule has 0 bridgehead atoms. The van der Waals surface area contributed by atoms with E-state index in [0.29, 0.717) is 12.6 Å². The maximum absolute atomic E-state index is 5.67. The van der Waals surface area contributed by atoms with Gasteiger partial charge in [0, 0.05) is 24.5 Å². The Hall–Kier alpha value is -0.490. The molecule has 1 aromatic rings. The number of nitrogens with two attached hydrogens (primary N) is 1. The standard InChI is InChI=1S/C12H21N3OS/c1-8(12-9(2)17-10(3)14-12)15-4-5-16-11(6-13)7-15/h8,11H,4-7,13H2,1-3H3. The van der Waals surface area contributed by atoms with Crippen LogP contribution in [0, 0.1) is 13.8 Å². The van der Waals surface area contributed by atoms with Crippen LogP contribution >= 0.6 is 11.3 Å². The lowest BCUT2D eigenvalue weighted by Gasteiger charge is -2.36. The van der Waals surface area contributed by atoms with E-state index in [1.807, 2.05) is 0 Å². The van der Waals surface area contributed by atoms with Gasteiger partial charge in [-0.3, -0.25) is 4.90 Å². The molecule has 96 valence electrons. The van der Waals surface area contributed by atoms with Crippen molar-refractivity contribution in [2.75, 3.05) is 26.2 Å². The number of rotatable bonds is 3. The van der Waals surface area contributed by atoms with Gasteiger partial charge in [0.05, 0.1) is 29.5 Å². The highest BCUT2D eigenvalue weighted by molar-refractivity contribution is 7.11. The summed E-state index contributed by atoms with van der Waals surface area (Å²) < 4.78 is 5.59. The van der Waals surface area contributed by atoms with Crippen LogP contribution in [0.1, 0.15) is 28.5 Å². The molecule has 5 heteroatoms. The molecule has 1 aromatic heterocycles. The van der Waals surface area contributed by atoms with Crippen LogP contribution in [0.15, 0.2) is 0 Å². The van der Waals surface area contributed by atoms with Crippen LogP contribution in [0.2, 0.25) is 0 Å². The average Bonchev–Trinajstić information content (AvgIpc) is 2.67. The fourth-order valence-corrected chi connectivity index (χ4v) is 3.25. The van der Waals surface area contributed by atoms with Crippen molar-refractivity contribution in [3.63, 3.8) is 0 Å². The Kier molecular flexibility index (Phi) is 4.14. The summed E-state index contributed by atoms with van der Waals surface area (Å²) in [7, 11) is 0. The molecule has 0 radical (unpaired) electrons. The molecule has 1 saturated heterocycles. The van der Waals surface area contributed by atoms with Crippen LogP contribution in [-0.2, 0) is 4.74 Å². The summed E-state index contributed by atoms with van der Waals surface area (Å²) in [6, 6.07) is 0.359. The topological polar surface area (TPSA) is 51.4 Å². The zero-order valence-electron chi connectivity index (χ0n) is 10.8. The molecule has 2 unspecified atom stereocenters. The van der Waals surface area contributed by atoms with Gasteiger partial charge in [-0.25, -0.2) is 4.98 Å². The molecule has 17 heavy (non-hydrogen) atoms. The summed E-state index contributed by atoms with van der Waals surface area (Å²) >= 11 is 1.77. The minimum Gasteiger partial charge on any atom is -0.374 e. The van der Waals surface area contributed by atoms with Gasteiger partial charge >= 0.3 is 0 Å². The predicted molar refractivity (Wildman–Crippen MR) is 70.4 cm³/mol. The fraction of sp³-hybridized carbons (Fsp3) is 0.750.